The molecule has 1 atom stereocenters. The predicted octanol–water partition coefficient (Wildman–Crippen LogP) is 3.09. The lowest BCUT2D eigenvalue weighted by molar-refractivity contribution is -0.137. The van der Waals surface area contributed by atoms with Crippen molar-refractivity contribution in [2.45, 2.75) is 44.6 Å². The molecule has 3 rings (SSSR count). The van der Waals surface area contributed by atoms with Crippen LogP contribution >= 0.6 is 0 Å². The van der Waals surface area contributed by atoms with E-state index in [0.29, 0.717) is 38.5 Å². The number of pyridine rings is 1. The van der Waals surface area contributed by atoms with E-state index in [0.717, 1.165) is 12.3 Å². The van der Waals surface area contributed by atoms with Crippen LogP contribution in [0.4, 0.5) is 18.0 Å². The van der Waals surface area contributed by atoms with Crippen molar-refractivity contribution in [1.29, 1.82) is 0 Å². The molecule has 2 fully saturated rings. The van der Waals surface area contributed by atoms with Crippen LogP contribution in [0.3, 0.4) is 0 Å². The smallest absolute Gasteiger partial charge is 0.417 e. The highest BCUT2D eigenvalue weighted by molar-refractivity contribution is 5.69. The highest BCUT2D eigenvalue weighted by atomic mass is 19.4. The first kappa shape index (κ1) is 19.9. The predicted molar refractivity (Wildman–Crippen MR) is 91.1 cm³/mol. The first-order valence-electron chi connectivity index (χ1n) is 8.89. The zero-order valence-corrected chi connectivity index (χ0v) is 15.6. The number of hydrogen-bond donors (Lipinski definition) is 0. The third-order valence-electron chi connectivity index (χ3n) is 4.63. The average molecular weight is 387 g/mol. The number of aromatic nitrogens is 1. The molecule has 9 heteroatoms. The zero-order valence-electron chi connectivity index (χ0n) is 15.6. The molecule has 6 nitrogen and oxygen atoms in total. The van der Waals surface area contributed by atoms with Crippen molar-refractivity contribution in [1.82, 2.24) is 14.8 Å². The standard InChI is InChI=1S/C18H24F3N3O3/c1-17(2,3)27-16(25)24-7-6-23(13-10-26-11-13)9-15(24)14-5-4-12(8-22-14)18(19,20)21/h4-5,8,13,15H,6-7,9-11H2,1-3H3. The fourth-order valence-corrected chi connectivity index (χ4v) is 3.13. The largest absolute Gasteiger partial charge is 0.444 e. The topological polar surface area (TPSA) is 54.9 Å². The van der Waals surface area contributed by atoms with Gasteiger partial charge >= 0.3 is 12.3 Å². The number of carbonyl (C=O) groups is 1. The third kappa shape index (κ3) is 4.70. The van der Waals surface area contributed by atoms with Crippen LogP contribution in [0.1, 0.15) is 38.1 Å². The first-order valence-corrected chi connectivity index (χ1v) is 8.89. The van der Waals surface area contributed by atoms with E-state index < -0.39 is 29.5 Å². The van der Waals surface area contributed by atoms with Gasteiger partial charge in [-0.15, -0.1) is 0 Å². The Labute approximate surface area is 156 Å². The summed E-state index contributed by atoms with van der Waals surface area (Å²) >= 11 is 0. The van der Waals surface area contributed by atoms with E-state index >= 15 is 0 Å². The van der Waals surface area contributed by atoms with Crippen LogP contribution in [0.5, 0.6) is 0 Å². The van der Waals surface area contributed by atoms with Crippen molar-refractivity contribution in [3.05, 3.63) is 29.6 Å². The number of piperazine rings is 1. The number of ether oxygens (including phenoxy) is 2. The van der Waals surface area contributed by atoms with Crippen molar-refractivity contribution in [3.63, 3.8) is 0 Å². The molecule has 0 aromatic carbocycles. The van der Waals surface area contributed by atoms with E-state index in [1.807, 2.05) is 0 Å². The fourth-order valence-electron chi connectivity index (χ4n) is 3.13. The van der Waals surface area contributed by atoms with E-state index in [2.05, 4.69) is 9.88 Å². The van der Waals surface area contributed by atoms with E-state index in [4.69, 9.17) is 9.47 Å². The summed E-state index contributed by atoms with van der Waals surface area (Å²) in [7, 11) is 0. The molecule has 1 aromatic heterocycles. The quantitative estimate of drug-likeness (QED) is 0.781. The lowest BCUT2D eigenvalue weighted by atomic mass is 10.0. The van der Waals surface area contributed by atoms with Gasteiger partial charge in [0.25, 0.3) is 0 Å². The minimum atomic E-state index is -4.45. The van der Waals surface area contributed by atoms with Gasteiger partial charge in [0.2, 0.25) is 0 Å². The van der Waals surface area contributed by atoms with Crippen LogP contribution in [-0.2, 0) is 15.7 Å². The molecular weight excluding hydrogens is 363 g/mol. The molecule has 150 valence electrons. The van der Waals surface area contributed by atoms with Crippen molar-refractivity contribution < 1.29 is 27.4 Å². The molecule has 1 aromatic rings. The summed E-state index contributed by atoms with van der Waals surface area (Å²) in [5.74, 6) is 0. The fraction of sp³-hybridized carbons (Fsp3) is 0.667. The maximum Gasteiger partial charge on any atom is 0.417 e. The summed E-state index contributed by atoms with van der Waals surface area (Å²) < 4.78 is 49.2. The monoisotopic (exact) mass is 387 g/mol. The van der Waals surface area contributed by atoms with Gasteiger partial charge < -0.3 is 9.47 Å². The molecule has 2 aliphatic rings. The summed E-state index contributed by atoms with van der Waals surface area (Å²) in [6.07, 6.45) is -4.12. The second-order valence-corrected chi connectivity index (χ2v) is 7.85. The molecular formula is C18H24F3N3O3. The summed E-state index contributed by atoms with van der Waals surface area (Å²) in [5.41, 5.74) is -1.05. The Balaban J connectivity index is 1.83. The van der Waals surface area contributed by atoms with Crippen molar-refractivity contribution in [3.8, 4) is 0 Å². The second-order valence-electron chi connectivity index (χ2n) is 7.85. The number of halogens is 3. The number of amides is 1. The highest BCUT2D eigenvalue weighted by Gasteiger charge is 2.39. The van der Waals surface area contributed by atoms with Gasteiger partial charge in [0.1, 0.15) is 5.60 Å². The molecule has 1 unspecified atom stereocenters. The van der Waals surface area contributed by atoms with Crippen LogP contribution in [0.15, 0.2) is 18.3 Å². The second kappa shape index (κ2) is 7.27. The molecule has 0 N–H and O–H groups in total. The van der Waals surface area contributed by atoms with Gasteiger partial charge in [-0.3, -0.25) is 14.8 Å². The molecule has 27 heavy (non-hydrogen) atoms. The van der Waals surface area contributed by atoms with Crippen LogP contribution in [0.25, 0.3) is 0 Å². The Morgan fingerprint density at radius 1 is 1.22 bits per heavy atom. The summed E-state index contributed by atoms with van der Waals surface area (Å²) in [4.78, 5) is 20.4. The maximum absolute atomic E-state index is 12.8. The van der Waals surface area contributed by atoms with Crippen LogP contribution < -0.4 is 0 Å². The van der Waals surface area contributed by atoms with E-state index in [9.17, 15) is 18.0 Å². The average Bonchev–Trinajstić information content (AvgIpc) is 2.51. The summed E-state index contributed by atoms with van der Waals surface area (Å²) in [6, 6.07) is 2.13. The summed E-state index contributed by atoms with van der Waals surface area (Å²) in [6.45, 7) is 8.13. The Kier molecular flexibility index (Phi) is 5.36. The maximum atomic E-state index is 12.8. The van der Waals surface area contributed by atoms with E-state index in [1.165, 1.54) is 6.07 Å². The minimum absolute atomic E-state index is 0.266. The van der Waals surface area contributed by atoms with E-state index in [1.54, 1.807) is 25.7 Å². The Bertz CT molecular complexity index is 669. The first-order chi connectivity index (χ1) is 12.5. The number of alkyl halides is 3. The van der Waals surface area contributed by atoms with Gasteiger partial charge in [-0.1, -0.05) is 0 Å². The Morgan fingerprint density at radius 2 is 1.93 bits per heavy atom. The highest BCUT2D eigenvalue weighted by Crippen LogP contribution is 2.32. The summed E-state index contributed by atoms with van der Waals surface area (Å²) in [5, 5.41) is 0. The van der Waals surface area contributed by atoms with E-state index in [-0.39, 0.29) is 6.04 Å². The lowest BCUT2D eigenvalue weighted by Crippen LogP contribution is -2.58. The zero-order chi connectivity index (χ0) is 19.8. The van der Waals surface area contributed by atoms with Crippen molar-refractivity contribution >= 4 is 6.09 Å². The molecule has 0 aliphatic carbocycles. The van der Waals surface area contributed by atoms with Gasteiger partial charge in [-0.05, 0) is 32.9 Å². The normalized spacial score (nSPS) is 22.4. The number of hydrogen-bond acceptors (Lipinski definition) is 5. The van der Waals surface area contributed by atoms with Gasteiger partial charge in [-0.2, -0.15) is 13.2 Å². The van der Waals surface area contributed by atoms with Crippen LogP contribution in [0, 0.1) is 0 Å². The Hall–Kier alpha value is -1.87. The molecule has 0 bridgehead atoms. The minimum Gasteiger partial charge on any atom is -0.444 e. The molecule has 1 amide bonds. The van der Waals surface area contributed by atoms with Crippen LogP contribution in [-0.4, -0.2) is 65.4 Å². The van der Waals surface area contributed by atoms with Crippen LogP contribution in [0.2, 0.25) is 0 Å². The lowest BCUT2D eigenvalue weighted by Gasteiger charge is -2.46. The molecule has 0 saturated carbocycles. The van der Waals surface area contributed by atoms with Gasteiger partial charge in [0.15, 0.2) is 0 Å². The molecule has 3 heterocycles. The molecule has 0 spiro atoms. The SMILES string of the molecule is CC(C)(C)OC(=O)N1CCN(C2COC2)CC1c1ccc(C(F)(F)F)cn1. The number of nitrogens with zero attached hydrogens (tertiary/aromatic N) is 3. The van der Waals surface area contributed by atoms with Crippen molar-refractivity contribution in [2.24, 2.45) is 0 Å². The third-order valence-corrected chi connectivity index (χ3v) is 4.63. The van der Waals surface area contributed by atoms with Crippen molar-refractivity contribution in [2.75, 3.05) is 32.8 Å². The molecule has 0 radical (unpaired) electrons. The van der Waals surface area contributed by atoms with Gasteiger partial charge in [-0.25, -0.2) is 4.79 Å². The number of rotatable bonds is 2. The Morgan fingerprint density at radius 3 is 2.41 bits per heavy atom. The van der Waals surface area contributed by atoms with Gasteiger partial charge in [0.05, 0.1) is 36.6 Å². The molecule has 2 aliphatic heterocycles. The molecule has 2 saturated heterocycles. The van der Waals surface area contributed by atoms with Gasteiger partial charge in [0, 0.05) is 25.8 Å². The number of carbonyl (C=O) groups excluding carboxylic acids is 1.